The number of aromatic nitrogens is 1. The predicted molar refractivity (Wildman–Crippen MR) is 95.8 cm³/mol. The summed E-state index contributed by atoms with van der Waals surface area (Å²) in [6.07, 6.45) is 2.55. The number of nitro groups is 1. The van der Waals surface area contributed by atoms with Crippen LogP contribution in [0.5, 0.6) is 5.75 Å². The van der Waals surface area contributed by atoms with Crippen LogP contribution in [0.3, 0.4) is 0 Å². The van der Waals surface area contributed by atoms with Crippen molar-refractivity contribution >= 4 is 5.69 Å². The van der Waals surface area contributed by atoms with E-state index in [0.29, 0.717) is 5.75 Å². The molecule has 0 bridgehead atoms. The second kappa shape index (κ2) is 7.76. The number of aliphatic hydroxyl groups excluding tert-OH is 1. The third-order valence-corrected chi connectivity index (χ3v) is 4.27. The summed E-state index contributed by atoms with van der Waals surface area (Å²) in [6, 6.07) is 18.6. The third-order valence-electron chi connectivity index (χ3n) is 4.27. The average Bonchev–Trinajstić information content (AvgIpc) is 2.69. The SMILES string of the molecule is COc1ccc([C@@H]([C@@H](O)c2ccccc2[N+](=O)[O-])[n+]2ccccc2)cc1. The Morgan fingerprint density at radius 2 is 1.65 bits per heavy atom. The Morgan fingerprint density at radius 3 is 2.27 bits per heavy atom. The second-order valence-electron chi connectivity index (χ2n) is 5.80. The van der Waals surface area contributed by atoms with Gasteiger partial charge in [0.15, 0.2) is 18.5 Å². The van der Waals surface area contributed by atoms with Crippen molar-refractivity contribution in [3.05, 3.63) is 100 Å². The quantitative estimate of drug-likeness (QED) is 0.420. The van der Waals surface area contributed by atoms with Crippen LogP contribution in [0, 0.1) is 10.1 Å². The molecule has 0 radical (unpaired) electrons. The molecule has 1 aromatic heterocycles. The van der Waals surface area contributed by atoms with Gasteiger partial charge in [0.05, 0.1) is 17.6 Å². The third kappa shape index (κ3) is 3.55. The van der Waals surface area contributed by atoms with E-state index in [0.717, 1.165) is 5.56 Å². The smallest absolute Gasteiger partial charge is 0.275 e. The lowest BCUT2D eigenvalue weighted by atomic mass is 9.94. The van der Waals surface area contributed by atoms with Gasteiger partial charge in [-0.25, -0.2) is 0 Å². The summed E-state index contributed by atoms with van der Waals surface area (Å²) in [5.41, 5.74) is 0.984. The fourth-order valence-electron chi connectivity index (χ4n) is 2.99. The molecule has 0 aliphatic rings. The molecule has 0 fully saturated rings. The van der Waals surface area contributed by atoms with Crippen LogP contribution in [0.2, 0.25) is 0 Å². The Bertz CT molecular complexity index is 882. The van der Waals surface area contributed by atoms with Crippen LogP contribution in [-0.2, 0) is 0 Å². The van der Waals surface area contributed by atoms with E-state index < -0.39 is 17.1 Å². The summed E-state index contributed by atoms with van der Waals surface area (Å²) in [4.78, 5) is 10.9. The first kappa shape index (κ1) is 17.6. The van der Waals surface area contributed by atoms with Crippen molar-refractivity contribution in [1.82, 2.24) is 0 Å². The first-order chi connectivity index (χ1) is 12.6. The molecule has 6 heteroatoms. The van der Waals surface area contributed by atoms with Gasteiger partial charge in [0.2, 0.25) is 6.04 Å². The number of rotatable bonds is 6. The predicted octanol–water partition coefficient (Wildman–Crippen LogP) is 3.21. The summed E-state index contributed by atoms with van der Waals surface area (Å²) in [5, 5.41) is 22.5. The Labute approximate surface area is 151 Å². The van der Waals surface area contributed by atoms with E-state index in [9.17, 15) is 15.2 Å². The van der Waals surface area contributed by atoms with E-state index in [1.807, 2.05) is 47.3 Å². The molecule has 0 aliphatic carbocycles. The average molecular weight is 351 g/mol. The highest BCUT2D eigenvalue weighted by Crippen LogP contribution is 2.34. The van der Waals surface area contributed by atoms with E-state index >= 15 is 0 Å². The van der Waals surface area contributed by atoms with Crippen LogP contribution in [0.25, 0.3) is 0 Å². The fourth-order valence-corrected chi connectivity index (χ4v) is 2.99. The zero-order chi connectivity index (χ0) is 18.5. The van der Waals surface area contributed by atoms with Crippen molar-refractivity contribution in [2.45, 2.75) is 12.1 Å². The summed E-state index contributed by atoms with van der Waals surface area (Å²) >= 11 is 0. The molecule has 0 aliphatic heterocycles. The minimum Gasteiger partial charge on any atom is -0.497 e. The van der Waals surface area contributed by atoms with E-state index in [4.69, 9.17) is 4.74 Å². The molecule has 0 spiro atoms. The van der Waals surface area contributed by atoms with Gasteiger partial charge in [-0.15, -0.1) is 0 Å². The molecular weight excluding hydrogens is 332 g/mol. The van der Waals surface area contributed by atoms with Crippen molar-refractivity contribution in [1.29, 1.82) is 0 Å². The minimum absolute atomic E-state index is 0.102. The summed E-state index contributed by atoms with van der Waals surface area (Å²) in [6.45, 7) is 0. The molecule has 2 atom stereocenters. The van der Waals surface area contributed by atoms with Crippen LogP contribution in [0.1, 0.15) is 23.3 Å². The zero-order valence-corrected chi connectivity index (χ0v) is 14.2. The number of aliphatic hydroxyl groups is 1. The van der Waals surface area contributed by atoms with Crippen molar-refractivity contribution in [2.75, 3.05) is 7.11 Å². The first-order valence-corrected chi connectivity index (χ1v) is 8.13. The molecular formula is C20H19N2O4+. The van der Waals surface area contributed by atoms with E-state index in [1.54, 1.807) is 37.4 Å². The normalized spacial score (nSPS) is 13.0. The van der Waals surface area contributed by atoms with E-state index in [2.05, 4.69) is 0 Å². The van der Waals surface area contributed by atoms with Crippen molar-refractivity contribution < 1.29 is 19.3 Å². The standard InChI is InChI=1S/C20H19N2O4/c1-26-16-11-9-15(10-12-16)19(21-13-5-2-6-14-21)20(23)17-7-3-4-8-18(17)22(24)25/h2-14,19-20,23H,1H3/q+1/t19-,20-/m0/s1. The number of ether oxygens (including phenoxy) is 1. The minimum atomic E-state index is -1.10. The number of pyridine rings is 1. The van der Waals surface area contributed by atoms with Crippen LogP contribution >= 0.6 is 0 Å². The molecule has 1 heterocycles. The number of hydrogen-bond donors (Lipinski definition) is 1. The first-order valence-electron chi connectivity index (χ1n) is 8.13. The molecule has 26 heavy (non-hydrogen) atoms. The molecule has 6 nitrogen and oxygen atoms in total. The highest BCUT2D eigenvalue weighted by Gasteiger charge is 2.34. The largest absolute Gasteiger partial charge is 0.497 e. The Kier molecular flexibility index (Phi) is 5.24. The number of nitro benzene ring substituents is 1. The van der Waals surface area contributed by atoms with E-state index in [-0.39, 0.29) is 11.3 Å². The van der Waals surface area contributed by atoms with Gasteiger partial charge < -0.3 is 9.84 Å². The number of benzene rings is 2. The van der Waals surface area contributed by atoms with Gasteiger partial charge in [-0.2, -0.15) is 4.57 Å². The molecule has 1 N–H and O–H groups in total. The second-order valence-corrected chi connectivity index (χ2v) is 5.80. The number of nitrogens with zero attached hydrogens (tertiary/aromatic N) is 2. The summed E-state index contributed by atoms with van der Waals surface area (Å²) in [7, 11) is 1.58. The van der Waals surface area contributed by atoms with Gasteiger partial charge in [0.1, 0.15) is 5.75 Å². The zero-order valence-electron chi connectivity index (χ0n) is 14.2. The molecule has 0 saturated heterocycles. The maximum Gasteiger partial charge on any atom is 0.275 e. The summed E-state index contributed by atoms with van der Waals surface area (Å²) in [5.74, 6) is 0.700. The van der Waals surface area contributed by atoms with Gasteiger partial charge in [0, 0.05) is 23.8 Å². The summed E-state index contributed by atoms with van der Waals surface area (Å²) < 4.78 is 7.03. The van der Waals surface area contributed by atoms with Gasteiger partial charge in [0.25, 0.3) is 5.69 Å². The van der Waals surface area contributed by atoms with Crippen molar-refractivity contribution in [3.8, 4) is 5.75 Å². The Balaban J connectivity index is 2.10. The van der Waals surface area contributed by atoms with Crippen LogP contribution in [-0.4, -0.2) is 17.1 Å². The lowest BCUT2D eigenvalue weighted by Crippen LogP contribution is -2.42. The van der Waals surface area contributed by atoms with E-state index in [1.165, 1.54) is 6.07 Å². The number of para-hydroxylation sites is 1. The van der Waals surface area contributed by atoms with Gasteiger partial charge in [-0.3, -0.25) is 10.1 Å². The highest BCUT2D eigenvalue weighted by molar-refractivity contribution is 5.42. The van der Waals surface area contributed by atoms with Crippen LogP contribution in [0.4, 0.5) is 5.69 Å². The number of methoxy groups -OCH3 is 1. The molecule has 3 aromatic rings. The Hall–Kier alpha value is -3.25. The maximum absolute atomic E-state index is 11.4. The monoisotopic (exact) mass is 351 g/mol. The molecule has 0 unspecified atom stereocenters. The van der Waals surface area contributed by atoms with Gasteiger partial charge >= 0.3 is 0 Å². The molecule has 3 rings (SSSR count). The highest BCUT2D eigenvalue weighted by atomic mass is 16.6. The van der Waals surface area contributed by atoms with Gasteiger partial charge in [-0.1, -0.05) is 18.2 Å². The molecule has 2 aromatic carbocycles. The van der Waals surface area contributed by atoms with Crippen LogP contribution < -0.4 is 9.30 Å². The maximum atomic E-state index is 11.4. The fraction of sp³-hybridized carbons (Fsp3) is 0.150. The lowest BCUT2D eigenvalue weighted by molar-refractivity contribution is -0.722. The van der Waals surface area contributed by atoms with Crippen molar-refractivity contribution in [3.63, 3.8) is 0 Å². The molecule has 0 saturated carbocycles. The Morgan fingerprint density at radius 1 is 1.00 bits per heavy atom. The topological polar surface area (TPSA) is 76.5 Å². The number of hydrogen-bond acceptors (Lipinski definition) is 4. The lowest BCUT2D eigenvalue weighted by Gasteiger charge is -2.19. The molecule has 132 valence electrons. The van der Waals surface area contributed by atoms with Crippen LogP contribution in [0.15, 0.2) is 79.1 Å². The van der Waals surface area contributed by atoms with Crippen molar-refractivity contribution in [2.24, 2.45) is 0 Å². The molecule has 0 amide bonds. The van der Waals surface area contributed by atoms with Gasteiger partial charge in [-0.05, 0) is 30.3 Å².